The summed E-state index contributed by atoms with van der Waals surface area (Å²) in [6.07, 6.45) is 10.4. The molecule has 0 saturated heterocycles. The second kappa shape index (κ2) is 8.89. The van der Waals surface area contributed by atoms with Crippen LogP contribution in [0.3, 0.4) is 0 Å². The maximum atomic E-state index is 13.0. The lowest BCUT2D eigenvalue weighted by Gasteiger charge is -2.30. The highest BCUT2D eigenvalue weighted by Gasteiger charge is 2.39. The van der Waals surface area contributed by atoms with Gasteiger partial charge in [-0.3, -0.25) is 9.59 Å². The van der Waals surface area contributed by atoms with Crippen LogP contribution in [0.4, 0.5) is 11.4 Å². The van der Waals surface area contributed by atoms with Crippen molar-refractivity contribution in [3.05, 3.63) is 135 Å². The smallest absolute Gasteiger partial charge is 0.197 e. The predicted octanol–water partition coefficient (Wildman–Crippen LogP) is 8.89. The second-order valence-corrected chi connectivity index (χ2v) is 11.9. The average Bonchev–Trinajstić information content (AvgIpc) is 3.56. The zero-order valence-corrected chi connectivity index (χ0v) is 22.7. The lowest BCUT2D eigenvalue weighted by molar-refractivity contribution is 0.0990. The molecule has 1 heterocycles. The quantitative estimate of drug-likeness (QED) is 0.197. The summed E-state index contributed by atoms with van der Waals surface area (Å²) in [5, 5.41) is 0. The third-order valence-electron chi connectivity index (χ3n) is 8.09. The SMILES string of the molecule is CC1(C)c2cc(N(C3=CC=CCC3)c3ccccc3)ccc2-c2sc(C=C3C(=O)c4ccccc4C3=O)cc21. The van der Waals surface area contributed by atoms with Gasteiger partial charge < -0.3 is 4.90 Å². The highest BCUT2D eigenvalue weighted by molar-refractivity contribution is 7.16. The van der Waals surface area contributed by atoms with Crippen LogP contribution in [0, 0.1) is 0 Å². The molecule has 0 spiro atoms. The summed E-state index contributed by atoms with van der Waals surface area (Å²) in [6.45, 7) is 4.53. The van der Waals surface area contributed by atoms with E-state index >= 15 is 0 Å². The molecule has 4 aromatic rings. The molecule has 3 nitrogen and oxygen atoms in total. The first-order valence-corrected chi connectivity index (χ1v) is 14.2. The van der Waals surface area contributed by atoms with E-state index in [0.29, 0.717) is 11.1 Å². The molecule has 3 aliphatic rings. The largest absolute Gasteiger partial charge is 0.314 e. The number of anilines is 2. The first kappa shape index (κ1) is 23.8. The molecule has 39 heavy (non-hydrogen) atoms. The number of fused-ring (bicyclic) bond motifs is 4. The first-order valence-electron chi connectivity index (χ1n) is 13.3. The zero-order valence-electron chi connectivity index (χ0n) is 21.9. The Balaban J connectivity index is 1.29. The van der Waals surface area contributed by atoms with Gasteiger partial charge in [0.1, 0.15) is 0 Å². The lowest BCUT2D eigenvalue weighted by atomic mass is 9.82. The van der Waals surface area contributed by atoms with Gasteiger partial charge in [-0.25, -0.2) is 0 Å². The minimum absolute atomic E-state index is 0.179. The Bertz CT molecular complexity index is 1730. The number of Topliss-reactive ketones (excluding diaryl/α,β-unsaturated/α-hetero) is 2. The number of hydrogen-bond acceptors (Lipinski definition) is 4. The fraction of sp³-hybridized carbons (Fsp3) is 0.143. The molecule has 0 aliphatic heterocycles. The molecule has 190 valence electrons. The van der Waals surface area contributed by atoms with E-state index in [1.807, 2.05) is 0 Å². The summed E-state index contributed by atoms with van der Waals surface area (Å²) in [6, 6.07) is 26.6. The van der Waals surface area contributed by atoms with Crippen molar-refractivity contribution in [2.24, 2.45) is 0 Å². The number of para-hydroxylation sites is 1. The fourth-order valence-electron chi connectivity index (χ4n) is 6.06. The van der Waals surface area contributed by atoms with Crippen LogP contribution < -0.4 is 4.90 Å². The lowest BCUT2D eigenvalue weighted by Crippen LogP contribution is -2.19. The van der Waals surface area contributed by atoms with Crippen molar-refractivity contribution in [1.29, 1.82) is 0 Å². The number of ketones is 2. The molecule has 3 aliphatic carbocycles. The maximum absolute atomic E-state index is 13.0. The van der Waals surface area contributed by atoms with E-state index in [-0.39, 0.29) is 22.6 Å². The Morgan fingerprint density at radius 2 is 1.51 bits per heavy atom. The van der Waals surface area contributed by atoms with Crippen molar-refractivity contribution in [2.75, 3.05) is 4.90 Å². The average molecular weight is 526 g/mol. The zero-order chi connectivity index (χ0) is 26.7. The predicted molar refractivity (Wildman–Crippen MR) is 160 cm³/mol. The number of thiophene rings is 1. The van der Waals surface area contributed by atoms with Crippen LogP contribution >= 0.6 is 11.3 Å². The van der Waals surface area contributed by atoms with Crippen molar-refractivity contribution < 1.29 is 9.59 Å². The number of rotatable bonds is 4. The topological polar surface area (TPSA) is 37.4 Å². The van der Waals surface area contributed by atoms with Crippen LogP contribution in [-0.4, -0.2) is 11.6 Å². The minimum atomic E-state index is -0.205. The molecule has 0 unspecified atom stereocenters. The van der Waals surface area contributed by atoms with Crippen LogP contribution in [0.1, 0.15) is 63.4 Å². The van der Waals surface area contributed by atoms with E-state index in [2.05, 4.69) is 91.6 Å². The molecule has 0 fully saturated rings. The van der Waals surface area contributed by atoms with Crippen molar-refractivity contribution in [3.8, 4) is 10.4 Å². The minimum Gasteiger partial charge on any atom is -0.314 e. The number of nitrogens with zero attached hydrogens (tertiary/aromatic N) is 1. The summed E-state index contributed by atoms with van der Waals surface area (Å²) >= 11 is 1.66. The van der Waals surface area contributed by atoms with Crippen LogP contribution in [0.25, 0.3) is 16.5 Å². The molecule has 0 amide bonds. The Kier molecular flexibility index (Phi) is 5.43. The van der Waals surface area contributed by atoms with E-state index in [4.69, 9.17) is 0 Å². The summed E-state index contributed by atoms with van der Waals surface area (Å²) in [5.74, 6) is -0.359. The number of hydrogen-bond donors (Lipinski definition) is 0. The van der Waals surface area contributed by atoms with Gasteiger partial charge in [0.2, 0.25) is 0 Å². The number of allylic oxidation sites excluding steroid dienone is 5. The normalized spacial score (nSPS) is 16.6. The molecule has 1 aromatic heterocycles. The molecule has 0 radical (unpaired) electrons. The summed E-state index contributed by atoms with van der Waals surface area (Å²) in [5.41, 5.74) is 8.44. The second-order valence-electron chi connectivity index (χ2n) is 10.8. The molecule has 4 heteroatoms. The highest BCUT2D eigenvalue weighted by atomic mass is 32.1. The van der Waals surface area contributed by atoms with Gasteiger partial charge in [-0.05, 0) is 72.0 Å². The van der Waals surface area contributed by atoms with Crippen molar-refractivity contribution in [2.45, 2.75) is 32.1 Å². The Morgan fingerprint density at radius 3 is 2.21 bits per heavy atom. The van der Waals surface area contributed by atoms with E-state index in [1.165, 1.54) is 27.3 Å². The van der Waals surface area contributed by atoms with Crippen molar-refractivity contribution >= 4 is 40.4 Å². The molecular formula is C35H27NO2S. The Hall–Kier alpha value is -4.28. The summed E-state index contributed by atoms with van der Waals surface area (Å²) < 4.78 is 0. The molecule has 3 aromatic carbocycles. The monoisotopic (exact) mass is 525 g/mol. The van der Waals surface area contributed by atoms with Crippen molar-refractivity contribution in [1.82, 2.24) is 0 Å². The third-order valence-corrected chi connectivity index (χ3v) is 9.20. The first-order chi connectivity index (χ1) is 18.9. The maximum Gasteiger partial charge on any atom is 0.197 e. The van der Waals surface area contributed by atoms with E-state index in [9.17, 15) is 9.59 Å². The molecule has 0 saturated carbocycles. The van der Waals surface area contributed by atoms with Crippen molar-refractivity contribution in [3.63, 3.8) is 0 Å². The van der Waals surface area contributed by atoms with Gasteiger partial charge in [0.15, 0.2) is 11.6 Å². The molecular weight excluding hydrogens is 498 g/mol. The number of carbonyl (C=O) groups excluding carboxylic acids is 2. The fourth-order valence-corrected chi connectivity index (χ4v) is 7.36. The summed E-state index contributed by atoms with van der Waals surface area (Å²) in [4.78, 5) is 30.5. The van der Waals surface area contributed by atoms with Gasteiger partial charge in [-0.1, -0.05) is 74.5 Å². The van der Waals surface area contributed by atoms with Crippen LogP contribution in [0.2, 0.25) is 0 Å². The van der Waals surface area contributed by atoms with Gasteiger partial charge in [-0.15, -0.1) is 11.3 Å². The highest BCUT2D eigenvalue weighted by Crippen LogP contribution is 2.54. The van der Waals surface area contributed by atoms with E-state index < -0.39 is 0 Å². The van der Waals surface area contributed by atoms with Gasteiger partial charge in [0.05, 0.1) is 5.57 Å². The molecule has 0 N–H and O–H groups in total. The van der Waals surface area contributed by atoms with Gasteiger partial charge in [0, 0.05) is 43.4 Å². The van der Waals surface area contributed by atoms with Gasteiger partial charge >= 0.3 is 0 Å². The third kappa shape index (κ3) is 3.70. The van der Waals surface area contributed by atoms with Gasteiger partial charge in [0.25, 0.3) is 0 Å². The standard InChI is InChI=1S/C35H27NO2S/c1-35(2)30-19-24(36(22-11-5-3-6-12-22)23-13-7-4-8-14-23)17-18-28(30)34-31(35)21-25(39-34)20-29-32(37)26-15-9-10-16-27(26)33(29)38/h3-7,9-13,15-21H,8,14H2,1-2H3. The van der Waals surface area contributed by atoms with Crippen LogP contribution in [0.15, 0.2) is 108 Å². The Labute approximate surface area is 232 Å². The summed E-state index contributed by atoms with van der Waals surface area (Å²) in [7, 11) is 0. The van der Waals surface area contributed by atoms with E-state index in [0.717, 1.165) is 29.1 Å². The van der Waals surface area contributed by atoms with Gasteiger partial charge in [-0.2, -0.15) is 0 Å². The molecule has 7 rings (SSSR count). The van der Waals surface area contributed by atoms with Crippen LogP contribution in [0.5, 0.6) is 0 Å². The molecule has 0 bridgehead atoms. The Morgan fingerprint density at radius 1 is 0.795 bits per heavy atom. The number of carbonyl (C=O) groups is 2. The number of benzene rings is 3. The molecule has 0 atom stereocenters. The van der Waals surface area contributed by atoms with Crippen LogP contribution in [-0.2, 0) is 5.41 Å². The van der Waals surface area contributed by atoms with E-state index in [1.54, 1.807) is 41.7 Å².